The van der Waals surface area contributed by atoms with Crippen LogP contribution in [-0.2, 0) is 0 Å². The largest absolute Gasteiger partial charge is 0.394 e. The standard InChI is InChI=1S/C18H19N5O/c1-2-14(11-24)21-17-5-6-18-20-10-16(23(18)22-17)13-3-4-15-12(9-13)7-8-19-15/h3-10,14,19,24H,2,11H2,1H3,(H,21,22). The van der Waals surface area contributed by atoms with Crippen molar-refractivity contribution in [1.29, 1.82) is 0 Å². The van der Waals surface area contributed by atoms with Gasteiger partial charge in [-0.1, -0.05) is 13.0 Å². The van der Waals surface area contributed by atoms with Gasteiger partial charge in [-0.15, -0.1) is 5.10 Å². The number of nitrogens with one attached hydrogen (secondary N) is 2. The second-order valence-electron chi connectivity index (χ2n) is 5.84. The summed E-state index contributed by atoms with van der Waals surface area (Å²) in [4.78, 5) is 7.64. The average Bonchev–Trinajstić information content (AvgIpc) is 3.25. The maximum absolute atomic E-state index is 9.36. The van der Waals surface area contributed by atoms with Crippen LogP contribution in [0.1, 0.15) is 13.3 Å². The summed E-state index contributed by atoms with van der Waals surface area (Å²) in [5, 5.41) is 18.4. The van der Waals surface area contributed by atoms with Gasteiger partial charge in [0.2, 0.25) is 0 Å². The highest BCUT2D eigenvalue weighted by Crippen LogP contribution is 2.25. The molecule has 0 saturated heterocycles. The molecule has 3 heterocycles. The zero-order chi connectivity index (χ0) is 16.5. The van der Waals surface area contributed by atoms with Crippen molar-refractivity contribution >= 4 is 22.4 Å². The Bertz CT molecular complexity index is 983. The molecule has 0 aliphatic heterocycles. The number of imidazole rings is 1. The monoisotopic (exact) mass is 321 g/mol. The van der Waals surface area contributed by atoms with E-state index in [1.165, 1.54) is 0 Å². The molecule has 6 nitrogen and oxygen atoms in total. The highest BCUT2D eigenvalue weighted by Gasteiger charge is 2.11. The first-order valence-electron chi connectivity index (χ1n) is 8.08. The van der Waals surface area contributed by atoms with Gasteiger partial charge in [0.15, 0.2) is 5.65 Å². The van der Waals surface area contributed by atoms with Crippen molar-refractivity contribution in [1.82, 2.24) is 19.6 Å². The van der Waals surface area contributed by atoms with Gasteiger partial charge in [-0.05, 0) is 36.8 Å². The number of hydrogen-bond donors (Lipinski definition) is 3. The summed E-state index contributed by atoms with van der Waals surface area (Å²) in [6.07, 6.45) is 4.60. The second-order valence-corrected chi connectivity index (χ2v) is 5.84. The Morgan fingerprint density at radius 2 is 2.17 bits per heavy atom. The lowest BCUT2D eigenvalue weighted by Crippen LogP contribution is -2.23. The van der Waals surface area contributed by atoms with Gasteiger partial charge in [0, 0.05) is 22.7 Å². The van der Waals surface area contributed by atoms with Gasteiger partial charge in [0.25, 0.3) is 0 Å². The summed E-state index contributed by atoms with van der Waals surface area (Å²) in [6, 6.07) is 12.1. The molecule has 1 aromatic carbocycles. The number of aromatic amines is 1. The Balaban J connectivity index is 1.77. The van der Waals surface area contributed by atoms with Crippen molar-refractivity contribution in [2.45, 2.75) is 19.4 Å². The Labute approximate surface area is 139 Å². The van der Waals surface area contributed by atoms with Crippen LogP contribution in [0.25, 0.3) is 27.8 Å². The van der Waals surface area contributed by atoms with E-state index in [0.29, 0.717) is 0 Å². The van der Waals surface area contributed by atoms with E-state index in [-0.39, 0.29) is 12.6 Å². The second kappa shape index (κ2) is 5.98. The molecule has 0 saturated carbocycles. The first-order chi connectivity index (χ1) is 11.8. The average molecular weight is 321 g/mol. The predicted octanol–water partition coefficient (Wildman–Crippen LogP) is 3.06. The van der Waals surface area contributed by atoms with Crippen LogP contribution in [0.5, 0.6) is 0 Å². The molecule has 4 rings (SSSR count). The number of hydrogen-bond acceptors (Lipinski definition) is 4. The zero-order valence-corrected chi connectivity index (χ0v) is 13.4. The summed E-state index contributed by atoms with van der Waals surface area (Å²) in [5.41, 5.74) is 3.90. The number of aliphatic hydroxyl groups excluding tert-OH is 1. The van der Waals surface area contributed by atoms with Crippen LogP contribution in [0.3, 0.4) is 0 Å². The van der Waals surface area contributed by atoms with E-state index in [4.69, 9.17) is 0 Å². The molecule has 3 aromatic heterocycles. The Morgan fingerprint density at radius 1 is 1.25 bits per heavy atom. The summed E-state index contributed by atoms with van der Waals surface area (Å²) < 4.78 is 1.83. The minimum atomic E-state index is -0.00173. The topological polar surface area (TPSA) is 78.2 Å². The number of benzene rings is 1. The van der Waals surface area contributed by atoms with Crippen molar-refractivity contribution in [3.63, 3.8) is 0 Å². The van der Waals surface area contributed by atoms with Gasteiger partial charge < -0.3 is 15.4 Å². The number of nitrogens with zero attached hydrogens (tertiary/aromatic N) is 3. The highest BCUT2D eigenvalue weighted by atomic mass is 16.3. The fraction of sp³-hybridized carbons (Fsp3) is 0.222. The van der Waals surface area contributed by atoms with Gasteiger partial charge in [-0.2, -0.15) is 0 Å². The van der Waals surface area contributed by atoms with Crippen molar-refractivity contribution in [2.24, 2.45) is 0 Å². The molecule has 1 atom stereocenters. The molecule has 0 bridgehead atoms. The number of aliphatic hydroxyl groups is 1. The van der Waals surface area contributed by atoms with Gasteiger partial charge in [0.1, 0.15) is 5.82 Å². The van der Waals surface area contributed by atoms with Gasteiger partial charge in [-0.25, -0.2) is 9.50 Å². The van der Waals surface area contributed by atoms with Gasteiger partial charge in [0.05, 0.1) is 24.5 Å². The smallest absolute Gasteiger partial charge is 0.154 e. The normalized spacial score (nSPS) is 12.8. The molecule has 1 unspecified atom stereocenters. The summed E-state index contributed by atoms with van der Waals surface area (Å²) >= 11 is 0. The fourth-order valence-corrected chi connectivity index (χ4v) is 2.85. The number of rotatable bonds is 5. The third-order valence-electron chi connectivity index (χ3n) is 4.28. The Kier molecular flexibility index (Phi) is 3.66. The van der Waals surface area contributed by atoms with Crippen LogP contribution in [0.4, 0.5) is 5.82 Å². The third-order valence-corrected chi connectivity index (χ3v) is 4.28. The zero-order valence-electron chi connectivity index (χ0n) is 13.4. The van der Waals surface area contributed by atoms with E-state index in [1.807, 2.05) is 36.0 Å². The molecule has 3 N–H and O–H groups in total. The van der Waals surface area contributed by atoms with E-state index in [1.54, 1.807) is 0 Å². The number of H-pyrrole nitrogens is 1. The molecular formula is C18H19N5O. The number of anilines is 1. The molecule has 0 aliphatic rings. The van der Waals surface area contributed by atoms with E-state index >= 15 is 0 Å². The fourth-order valence-electron chi connectivity index (χ4n) is 2.85. The first-order valence-corrected chi connectivity index (χ1v) is 8.08. The third kappa shape index (κ3) is 2.51. The van der Waals surface area contributed by atoms with Crippen LogP contribution < -0.4 is 5.32 Å². The quantitative estimate of drug-likeness (QED) is 0.528. The van der Waals surface area contributed by atoms with Gasteiger partial charge >= 0.3 is 0 Å². The molecule has 0 spiro atoms. The van der Waals surface area contributed by atoms with E-state index < -0.39 is 0 Å². The van der Waals surface area contributed by atoms with E-state index in [2.05, 4.69) is 44.6 Å². The molecule has 6 heteroatoms. The first kappa shape index (κ1) is 14.7. The maximum atomic E-state index is 9.36. The lowest BCUT2D eigenvalue weighted by molar-refractivity contribution is 0.271. The molecule has 4 aromatic rings. The molecule has 0 amide bonds. The molecule has 0 radical (unpaired) electrons. The van der Waals surface area contributed by atoms with E-state index in [9.17, 15) is 5.11 Å². The predicted molar refractivity (Wildman–Crippen MR) is 95.1 cm³/mol. The summed E-state index contributed by atoms with van der Waals surface area (Å²) in [6.45, 7) is 2.11. The van der Waals surface area contributed by atoms with Crippen molar-refractivity contribution < 1.29 is 5.11 Å². The van der Waals surface area contributed by atoms with Crippen LogP contribution >= 0.6 is 0 Å². The van der Waals surface area contributed by atoms with E-state index in [0.717, 1.165) is 40.0 Å². The van der Waals surface area contributed by atoms with Crippen LogP contribution in [0.15, 0.2) is 48.8 Å². The molecular weight excluding hydrogens is 302 g/mol. The molecule has 0 aliphatic carbocycles. The lowest BCUT2D eigenvalue weighted by atomic mass is 10.1. The van der Waals surface area contributed by atoms with Gasteiger partial charge in [-0.3, -0.25) is 0 Å². The highest BCUT2D eigenvalue weighted by molar-refractivity contribution is 5.84. The molecule has 122 valence electrons. The maximum Gasteiger partial charge on any atom is 0.154 e. The van der Waals surface area contributed by atoms with Crippen LogP contribution in [0, 0.1) is 0 Å². The van der Waals surface area contributed by atoms with Crippen molar-refractivity contribution in [3.8, 4) is 11.3 Å². The Hall–Kier alpha value is -2.86. The van der Waals surface area contributed by atoms with Crippen molar-refractivity contribution in [3.05, 3.63) is 48.8 Å². The van der Waals surface area contributed by atoms with Crippen LogP contribution in [0.2, 0.25) is 0 Å². The summed E-state index contributed by atoms with van der Waals surface area (Å²) in [7, 11) is 0. The molecule has 24 heavy (non-hydrogen) atoms. The lowest BCUT2D eigenvalue weighted by Gasteiger charge is -2.14. The SMILES string of the molecule is CCC(CO)Nc1ccc2ncc(-c3ccc4[nH]ccc4c3)n2n1. The minimum Gasteiger partial charge on any atom is -0.394 e. The Morgan fingerprint density at radius 3 is 3.00 bits per heavy atom. The van der Waals surface area contributed by atoms with Crippen molar-refractivity contribution in [2.75, 3.05) is 11.9 Å². The van der Waals surface area contributed by atoms with Crippen LogP contribution in [-0.4, -0.2) is 37.3 Å². The number of aromatic nitrogens is 4. The molecule has 0 fully saturated rings. The summed E-state index contributed by atoms with van der Waals surface area (Å²) in [5.74, 6) is 0.727. The minimum absolute atomic E-state index is 0.00173. The number of fused-ring (bicyclic) bond motifs is 2.